The topological polar surface area (TPSA) is 64.9 Å². The maximum atomic E-state index is 5.40. The number of fused-ring (bicyclic) bond motifs is 1. The summed E-state index contributed by atoms with van der Waals surface area (Å²) in [5.74, 6) is 0. The fourth-order valence-corrected chi connectivity index (χ4v) is 0.962. The second-order valence-corrected chi connectivity index (χ2v) is 2.18. The van der Waals surface area contributed by atoms with Gasteiger partial charge in [-0.05, 0) is 12.1 Å². The van der Waals surface area contributed by atoms with Crippen molar-refractivity contribution in [1.29, 1.82) is 0 Å². The van der Waals surface area contributed by atoms with Crippen LogP contribution in [0, 0.1) is 0 Å². The van der Waals surface area contributed by atoms with E-state index in [4.69, 9.17) is 10.3 Å². The predicted molar refractivity (Wildman–Crippen MR) is 39.7 cm³/mol. The molecule has 56 valence electrons. The molecule has 0 aliphatic heterocycles. The summed E-state index contributed by atoms with van der Waals surface area (Å²) in [5, 5.41) is 3.75. The maximum Gasteiger partial charge on any atom is 0.185 e. The van der Waals surface area contributed by atoms with Crippen LogP contribution in [0.3, 0.4) is 0 Å². The van der Waals surface area contributed by atoms with E-state index >= 15 is 0 Å². The van der Waals surface area contributed by atoms with Crippen LogP contribution in [0.1, 0.15) is 5.69 Å². The maximum absolute atomic E-state index is 5.40. The third-order valence-corrected chi connectivity index (χ3v) is 1.49. The van der Waals surface area contributed by atoms with E-state index in [1.165, 1.54) is 0 Å². The first kappa shape index (κ1) is 6.30. The van der Waals surface area contributed by atoms with Gasteiger partial charge in [-0.2, -0.15) is 0 Å². The molecule has 0 bridgehead atoms. The zero-order valence-corrected chi connectivity index (χ0v) is 5.82. The van der Waals surface area contributed by atoms with Gasteiger partial charge in [-0.25, -0.2) is 0 Å². The van der Waals surface area contributed by atoms with Gasteiger partial charge in [0.1, 0.15) is 11.2 Å². The first-order valence-electron chi connectivity index (χ1n) is 3.31. The Hall–Kier alpha value is -1.42. The molecule has 0 spiro atoms. The van der Waals surface area contributed by atoms with Crippen LogP contribution in [-0.2, 0) is 6.54 Å². The lowest BCUT2D eigenvalue weighted by Crippen LogP contribution is -1.96. The van der Waals surface area contributed by atoms with Crippen LogP contribution in [0.4, 0.5) is 0 Å². The lowest BCUT2D eigenvalue weighted by atomic mass is 10.3. The largest absolute Gasteiger partial charge is 0.354 e. The Morgan fingerprint density at radius 2 is 2.45 bits per heavy atom. The van der Waals surface area contributed by atoms with Crippen LogP contribution in [0.25, 0.3) is 11.1 Å². The number of rotatable bonds is 1. The molecule has 0 radical (unpaired) electrons. The molecule has 4 heteroatoms. The molecule has 0 aliphatic carbocycles. The molecule has 0 saturated carbocycles. The van der Waals surface area contributed by atoms with Gasteiger partial charge in [0.25, 0.3) is 0 Å². The molecular weight excluding hydrogens is 142 g/mol. The van der Waals surface area contributed by atoms with Crippen molar-refractivity contribution >= 4 is 11.1 Å². The van der Waals surface area contributed by atoms with Gasteiger partial charge in [0.2, 0.25) is 0 Å². The Morgan fingerprint density at radius 3 is 3.27 bits per heavy atom. The van der Waals surface area contributed by atoms with Crippen LogP contribution < -0.4 is 5.73 Å². The minimum absolute atomic E-state index is 0.365. The molecule has 0 atom stereocenters. The van der Waals surface area contributed by atoms with Gasteiger partial charge in [-0.1, -0.05) is 5.16 Å². The number of nitrogens with two attached hydrogens (primary N) is 1. The Balaban J connectivity index is 2.76. The molecule has 2 aromatic heterocycles. The number of hydrogen-bond donors (Lipinski definition) is 1. The summed E-state index contributed by atoms with van der Waals surface area (Å²) in [6.45, 7) is 0.365. The minimum Gasteiger partial charge on any atom is -0.354 e. The molecule has 2 N–H and O–H groups in total. The first-order valence-corrected chi connectivity index (χ1v) is 3.31. The van der Waals surface area contributed by atoms with Crippen LogP contribution in [0.15, 0.2) is 22.9 Å². The molecule has 0 unspecified atom stereocenters. The summed E-state index contributed by atoms with van der Waals surface area (Å²) in [6.07, 6.45) is 1.69. The van der Waals surface area contributed by atoms with Crippen LogP contribution in [0.2, 0.25) is 0 Å². The Labute approximate surface area is 63.0 Å². The molecule has 0 amide bonds. The number of pyridine rings is 1. The smallest absolute Gasteiger partial charge is 0.185 e. The van der Waals surface area contributed by atoms with E-state index in [0.717, 1.165) is 5.52 Å². The third-order valence-electron chi connectivity index (χ3n) is 1.49. The SMILES string of the molecule is NCc1noc2cccnc12. The highest BCUT2D eigenvalue weighted by Gasteiger charge is 2.05. The summed E-state index contributed by atoms with van der Waals surface area (Å²) >= 11 is 0. The van der Waals surface area contributed by atoms with Gasteiger partial charge in [-0.3, -0.25) is 4.98 Å². The Morgan fingerprint density at radius 1 is 1.55 bits per heavy atom. The van der Waals surface area contributed by atoms with Crippen molar-refractivity contribution in [2.24, 2.45) is 5.73 Å². The standard InChI is InChI=1S/C7H7N3O/c8-4-5-7-6(11-10-5)2-1-3-9-7/h1-3H,4,8H2. The number of nitrogens with zero attached hydrogens (tertiary/aromatic N) is 2. The highest BCUT2D eigenvalue weighted by atomic mass is 16.5. The average Bonchev–Trinajstić information content (AvgIpc) is 2.47. The summed E-state index contributed by atoms with van der Waals surface area (Å²) in [7, 11) is 0. The predicted octanol–water partition coefficient (Wildman–Crippen LogP) is 0.681. The van der Waals surface area contributed by atoms with E-state index in [0.29, 0.717) is 17.8 Å². The van der Waals surface area contributed by atoms with Gasteiger partial charge < -0.3 is 10.3 Å². The monoisotopic (exact) mass is 149 g/mol. The van der Waals surface area contributed by atoms with Crippen molar-refractivity contribution < 1.29 is 4.52 Å². The molecular formula is C7H7N3O. The second kappa shape index (κ2) is 2.32. The molecule has 2 rings (SSSR count). The van der Waals surface area contributed by atoms with E-state index < -0.39 is 0 Å². The van der Waals surface area contributed by atoms with Crippen molar-refractivity contribution in [1.82, 2.24) is 10.1 Å². The zero-order valence-electron chi connectivity index (χ0n) is 5.82. The average molecular weight is 149 g/mol. The van der Waals surface area contributed by atoms with Gasteiger partial charge in [0.05, 0.1) is 0 Å². The molecule has 2 heterocycles. The normalized spacial score (nSPS) is 10.6. The van der Waals surface area contributed by atoms with E-state index in [9.17, 15) is 0 Å². The first-order chi connectivity index (χ1) is 5.42. The highest BCUT2D eigenvalue weighted by molar-refractivity contribution is 5.73. The quantitative estimate of drug-likeness (QED) is 0.647. The highest BCUT2D eigenvalue weighted by Crippen LogP contribution is 2.13. The molecule has 0 aromatic carbocycles. The van der Waals surface area contributed by atoms with Crippen molar-refractivity contribution in [3.05, 3.63) is 24.0 Å². The van der Waals surface area contributed by atoms with Gasteiger partial charge in [-0.15, -0.1) is 0 Å². The Bertz CT molecular complexity index is 368. The van der Waals surface area contributed by atoms with Crippen LogP contribution >= 0.6 is 0 Å². The van der Waals surface area contributed by atoms with Gasteiger partial charge in [0, 0.05) is 12.7 Å². The Kier molecular flexibility index (Phi) is 1.33. The van der Waals surface area contributed by atoms with E-state index in [-0.39, 0.29) is 0 Å². The fraction of sp³-hybridized carbons (Fsp3) is 0.143. The summed E-state index contributed by atoms with van der Waals surface area (Å²) in [6, 6.07) is 3.61. The minimum atomic E-state index is 0.365. The molecule has 0 saturated heterocycles. The molecule has 0 fully saturated rings. The molecule has 4 nitrogen and oxygen atoms in total. The lowest BCUT2D eigenvalue weighted by Gasteiger charge is -1.85. The van der Waals surface area contributed by atoms with E-state index in [1.807, 2.05) is 6.07 Å². The van der Waals surface area contributed by atoms with Gasteiger partial charge >= 0.3 is 0 Å². The molecule has 2 aromatic rings. The third kappa shape index (κ3) is 0.877. The lowest BCUT2D eigenvalue weighted by molar-refractivity contribution is 0.446. The fourth-order valence-electron chi connectivity index (χ4n) is 0.962. The van der Waals surface area contributed by atoms with Crippen molar-refractivity contribution in [3.8, 4) is 0 Å². The van der Waals surface area contributed by atoms with Gasteiger partial charge in [0.15, 0.2) is 5.58 Å². The van der Waals surface area contributed by atoms with E-state index in [1.54, 1.807) is 12.3 Å². The van der Waals surface area contributed by atoms with Crippen molar-refractivity contribution in [2.75, 3.05) is 0 Å². The van der Waals surface area contributed by atoms with Crippen molar-refractivity contribution in [2.45, 2.75) is 6.54 Å². The molecule has 0 aliphatic rings. The number of hydrogen-bond acceptors (Lipinski definition) is 4. The summed E-state index contributed by atoms with van der Waals surface area (Å²) in [4.78, 5) is 4.08. The van der Waals surface area contributed by atoms with Crippen LogP contribution in [0.5, 0.6) is 0 Å². The van der Waals surface area contributed by atoms with Crippen molar-refractivity contribution in [3.63, 3.8) is 0 Å². The van der Waals surface area contributed by atoms with Crippen LogP contribution in [-0.4, -0.2) is 10.1 Å². The molecule has 11 heavy (non-hydrogen) atoms. The number of aromatic nitrogens is 2. The second-order valence-electron chi connectivity index (χ2n) is 2.18. The zero-order chi connectivity index (χ0) is 7.68. The van der Waals surface area contributed by atoms with E-state index in [2.05, 4.69) is 10.1 Å². The summed E-state index contributed by atoms with van der Waals surface area (Å²) in [5.41, 5.74) is 7.55. The summed E-state index contributed by atoms with van der Waals surface area (Å²) < 4.78 is 4.95.